The second kappa shape index (κ2) is 6.71. The molecule has 0 radical (unpaired) electrons. The molecule has 0 saturated heterocycles. The molecule has 0 bridgehead atoms. The van der Waals surface area contributed by atoms with E-state index in [-0.39, 0.29) is 28.7 Å². The molecule has 108 valence electrons. The van der Waals surface area contributed by atoms with Gasteiger partial charge in [-0.1, -0.05) is 11.6 Å². The summed E-state index contributed by atoms with van der Waals surface area (Å²) in [6.07, 6.45) is 0. The van der Waals surface area contributed by atoms with Crippen molar-refractivity contribution in [3.05, 3.63) is 32.8 Å². The van der Waals surface area contributed by atoms with Crippen LogP contribution in [-0.2, 0) is 4.79 Å². The Labute approximate surface area is 119 Å². The van der Waals surface area contributed by atoms with E-state index in [9.17, 15) is 19.7 Å². The van der Waals surface area contributed by atoms with E-state index in [2.05, 4.69) is 10.6 Å². The first kappa shape index (κ1) is 15.7. The van der Waals surface area contributed by atoms with Crippen molar-refractivity contribution in [3.63, 3.8) is 0 Å². The Kier molecular flexibility index (Phi) is 5.27. The Hall–Kier alpha value is -2.35. The number of rotatable bonds is 5. The van der Waals surface area contributed by atoms with Gasteiger partial charge in [0.2, 0.25) is 5.91 Å². The number of amides is 2. The van der Waals surface area contributed by atoms with Gasteiger partial charge in [-0.2, -0.15) is 0 Å². The van der Waals surface area contributed by atoms with E-state index in [1.165, 1.54) is 6.07 Å². The highest BCUT2D eigenvalue weighted by molar-refractivity contribution is 6.34. The third-order valence-electron chi connectivity index (χ3n) is 2.35. The topological polar surface area (TPSA) is 127 Å². The number of anilines is 1. The summed E-state index contributed by atoms with van der Waals surface area (Å²) in [5, 5.41) is 15.5. The van der Waals surface area contributed by atoms with Crippen molar-refractivity contribution >= 4 is 34.8 Å². The Balaban J connectivity index is 2.89. The summed E-state index contributed by atoms with van der Waals surface area (Å²) in [7, 11) is 0. The highest BCUT2D eigenvalue weighted by Crippen LogP contribution is 2.30. The lowest BCUT2D eigenvalue weighted by molar-refractivity contribution is -0.383. The molecule has 4 N–H and O–H groups in total. The molecule has 8 nitrogen and oxygen atoms in total. The monoisotopic (exact) mass is 300 g/mol. The lowest BCUT2D eigenvalue weighted by Gasteiger charge is -2.07. The van der Waals surface area contributed by atoms with Crippen LogP contribution < -0.4 is 16.4 Å². The number of likely N-dealkylation sites (N-methyl/N-ethyl adjacent to an activating group) is 1. The van der Waals surface area contributed by atoms with Gasteiger partial charge >= 0.3 is 0 Å². The zero-order valence-corrected chi connectivity index (χ0v) is 11.4. The summed E-state index contributed by atoms with van der Waals surface area (Å²) in [5.74, 6) is -1.02. The first-order chi connectivity index (χ1) is 9.36. The molecule has 1 aromatic carbocycles. The molecule has 0 aromatic heterocycles. The molecule has 0 fully saturated rings. The molecule has 20 heavy (non-hydrogen) atoms. The van der Waals surface area contributed by atoms with Crippen molar-refractivity contribution in [1.29, 1.82) is 0 Å². The van der Waals surface area contributed by atoms with Gasteiger partial charge in [0.15, 0.2) is 0 Å². The number of nitrogens with zero attached hydrogens (tertiary/aromatic N) is 1. The van der Waals surface area contributed by atoms with Crippen molar-refractivity contribution in [2.24, 2.45) is 0 Å². The normalized spacial score (nSPS) is 9.90. The van der Waals surface area contributed by atoms with Gasteiger partial charge in [0.05, 0.1) is 16.5 Å². The van der Waals surface area contributed by atoms with Crippen molar-refractivity contribution in [1.82, 2.24) is 10.6 Å². The third-order valence-corrected chi connectivity index (χ3v) is 2.66. The van der Waals surface area contributed by atoms with Crippen LogP contribution in [0.15, 0.2) is 12.1 Å². The van der Waals surface area contributed by atoms with Gasteiger partial charge in [0, 0.05) is 18.2 Å². The molecule has 0 unspecified atom stereocenters. The standard InChI is InChI=1S/C11H13ClN4O4/c1-2-14-9(17)5-15-11(18)6-3-7(12)10(13)8(4-6)16(19)20/h3-4H,2,5,13H2,1H3,(H,14,17)(H,15,18). The predicted molar refractivity (Wildman–Crippen MR) is 73.5 cm³/mol. The van der Waals surface area contributed by atoms with Gasteiger partial charge in [0.1, 0.15) is 5.69 Å². The number of carbonyl (C=O) groups excluding carboxylic acids is 2. The highest BCUT2D eigenvalue weighted by atomic mass is 35.5. The van der Waals surface area contributed by atoms with Crippen molar-refractivity contribution < 1.29 is 14.5 Å². The lowest BCUT2D eigenvalue weighted by Crippen LogP contribution is -2.36. The molecule has 0 aliphatic heterocycles. The van der Waals surface area contributed by atoms with Crippen molar-refractivity contribution in [3.8, 4) is 0 Å². The van der Waals surface area contributed by atoms with Crippen LogP contribution in [0.3, 0.4) is 0 Å². The van der Waals surface area contributed by atoms with Crippen molar-refractivity contribution in [2.45, 2.75) is 6.92 Å². The molecule has 9 heteroatoms. The van der Waals surface area contributed by atoms with Crippen LogP contribution in [0.4, 0.5) is 11.4 Å². The average Bonchev–Trinajstić information content (AvgIpc) is 2.38. The summed E-state index contributed by atoms with van der Waals surface area (Å²) >= 11 is 5.73. The quantitative estimate of drug-likeness (QED) is 0.419. The Morgan fingerprint density at radius 3 is 2.60 bits per heavy atom. The molecular formula is C11H13ClN4O4. The second-order valence-corrected chi connectivity index (χ2v) is 4.19. The number of nitrogens with one attached hydrogen (secondary N) is 2. The zero-order chi connectivity index (χ0) is 15.3. The minimum atomic E-state index is -0.734. The molecule has 0 aliphatic rings. The molecule has 0 saturated carbocycles. The maximum atomic E-state index is 11.8. The van der Waals surface area contributed by atoms with Crippen LogP contribution >= 0.6 is 11.6 Å². The fourth-order valence-electron chi connectivity index (χ4n) is 1.41. The van der Waals surface area contributed by atoms with Gasteiger partial charge in [-0.05, 0) is 13.0 Å². The number of nitro groups is 1. The van der Waals surface area contributed by atoms with E-state index < -0.39 is 16.5 Å². The van der Waals surface area contributed by atoms with Crippen LogP contribution in [0.25, 0.3) is 0 Å². The molecule has 0 spiro atoms. The summed E-state index contributed by atoms with van der Waals surface area (Å²) in [6, 6.07) is 2.21. The third kappa shape index (κ3) is 3.82. The van der Waals surface area contributed by atoms with Gasteiger partial charge in [-0.25, -0.2) is 0 Å². The number of nitro benzene ring substituents is 1. The smallest absolute Gasteiger partial charge is 0.294 e. The number of halogens is 1. The van der Waals surface area contributed by atoms with Crippen LogP contribution in [0, 0.1) is 10.1 Å². The van der Waals surface area contributed by atoms with Crippen LogP contribution in [-0.4, -0.2) is 29.8 Å². The predicted octanol–water partition coefficient (Wildman–Crippen LogP) is 0.696. The van der Waals surface area contributed by atoms with E-state index >= 15 is 0 Å². The molecule has 0 aliphatic carbocycles. The number of nitrogen functional groups attached to an aromatic ring is 1. The zero-order valence-electron chi connectivity index (χ0n) is 10.6. The van der Waals surface area contributed by atoms with E-state index in [0.717, 1.165) is 6.07 Å². The minimum Gasteiger partial charge on any atom is -0.392 e. The number of hydrogen-bond acceptors (Lipinski definition) is 5. The van der Waals surface area contributed by atoms with E-state index in [0.29, 0.717) is 6.54 Å². The maximum Gasteiger partial charge on any atom is 0.294 e. The summed E-state index contributed by atoms with van der Waals surface area (Å²) in [4.78, 5) is 33.0. The summed E-state index contributed by atoms with van der Waals surface area (Å²) < 4.78 is 0. The number of nitrogens with two attached hydrogens (primary N) is 1. The van der Waals surface area contributed by atoms with Crippen molar-refractivity contribution in [2.75, 3.05) is 18.8 Å². The van der Waals surface area contributed by atoms with Gasteiger partial charge in [-0.3, -0.25) is 19.7 Å². The van der Waals surface area contributed by atoms with Gasteiger partial charge < -0.3 is 16.4 Å². The van der Waals surface area contributed by atoms with E-state index in [1.807, 2.05) is 0 Å². The van der Waals surface area contributed by atoms with Crippen LogP contribution in [0.5, 0.6) is 0 Å². The number of carbonyl (C=O) groups is 2. The molecule has 2 amide bonds. The lowest BCUT2D eigenvalue weighted by atomic mass is 10.1. The first-order valence-electron chi connectivity index (χ1n) is 5.65. The Morgan fingerprint density at radius 2 is 2.05 bits per heavy atom. The molecule has 1 aromatic rings. The van der Waals surface area contributed by atoms with E-state index in [4.69, 9.17) is 17.3 Å². The summed E-state index contributed by atoms with van der Waals surface area (Å²) in [5.41, 5.74) is 4.73. The molecular weight excluding hydrogens is 288 g/mol. The van der Waals surface area contributed by atoms with Gasteiger partial charge in [-0.15, -0.1) is 0 Å². The van der Waals surface area contributed by atoms with Crippen LogP contribution in [0.1, 0.15) is 17.3 Å². The molecule has 0 heterocycles. The maximum absolute atomic E-state index is 11.8. The SMILES string of the molecule is CCNC(=O)CNC(=O)c1cc(Cl)c(N)c([N+](=O)[O-])c1. The molecule has 0 atom stereocenters. The minimum absolute atomic E-state index is 0.0415. The molecule has 1 rings (SSSR count). The second-order valence-electron chi connectivity index (χ2n) is 3.78. The van der Waals surface area contributed by atoms with Gasteiger partial charge in [0.25, 0.3) is 11.6 Å². The average molecular weight is 301 g/mol. The first-order valence-corrected chi connectivity index (χ1v) is 6.03. The fraction of sp³-hybridized carbons (Fsp3) is 0.273. The van der Waals surface area contributed by atoms with Crippen LogP contribution in [0.2, 0.25) is 5.02 Å². The largest absolute Gasteiger partial charge is 0.392 e. The number of hydrogen-bond donors (Lipinski definition) is 3. The summed E-state index contributed by atoms with van der Waals surface area (Å²) in [6.45, 7) is 1.94. The highest BCUT2D eigenvalue weighted by Gasteiger charge is 2.19. The van der Waals surface area contributed by atoms with E-state index in [1.54, 1.807) is 6.92 Å². The number of benzene rings is 1. The Morgan fingerprint density at radius 1 is 1.40 bits per heavy atom. The Bertz CT molecular complexity index is 562. The fourth-order valence-corrected chi connectivity index (χ4v) is 1.62.